The van der Waals surface area contributed by atoms with Gasteiger partial charge in [0, 0.05) is 16.8 Å². The maximum Gasteiger partial charge on any atom is 0.263 e. The van der Waals surface area contributed by atoms with E-state index in [0.29, 0.717) is 16.5 Å². The molecular formula is C23H19ClN6O2S2. The normalized spacial score (nSPS) is 11.3. The van der Waals surface area contributed by atoms with Crippen LogP contribution < -0.4 is 15.5 Å². The maximum atomic E-state index is 12.9. The highest BCUT2D eigenvalue weighted by Crippen LogP contribution is 2.20. The molecule has 0 fully saturated rings. The summed E-state index contributed by atoms with van der Waals surface area (Å²) < 4.78 is 29.8. The Morgan fingerprint density at radius 2 is 1.68 bits per heavy atom. The van der Waals surface area contributed by atoms with Gasteiger partial charge in [-0.2, -0.15) is 10.2 Å². The summed E-state index contributed by atoms with van der Waals surface area (Å²) in [4.78, 5) is 0.0958. The summed E-state index contributed by atoms with van der Waals surface area (Å²) >= 11 is 11.1. The van der Waals surface area contributed by atoms with Crippen LogP contribution in [0.2, 0.25) is 5.02 Å². The lowest BCUT2D eigenvalue weighted by atomic mass is 10.2. The van der Waals surface area contributed by atoms with Crippen LogP contribution in [0.1, 0.15) is 5.56 Å². The molecule has 3 N–H and O–H groups in total. The quantitative estimate of drug-likeness (QED) is 0.190. The largest absolute Gasteiger partial charge is 0.331 e. The van der Waals surface area contributed by atoms with E-state index in [1.54, 1.807) is 36.5 Å². The van der Waals surface area contributed by atoms with Crippen LogP contribution in [0.25, 0.3) is 5.69 Å². The minimum absolute atomic E-state index is 0.0958. The van der Waals surface area contributed by atoms with Crippen molar-refractivity contribution < 1.29 is 8.42 Å². The number of aromatic nitrogens is 2. The van der Waals surface area contributed by atoms with Gasteiger partial charge in [-0.3, -0.25) is 10.1 Å². The lowest BCUT2D eigenvalue weighted by Crippen LogP contribution is -2.23. The van der Waals surface area contributed by atoms with E-state index in [-0.39, 0.29) is 10.0 Å². The van der Waals surface area contributed by atoms with Crippen LogP contribution in [-0.2, 0) is 10.0 Å². The second kappa shape index (κ2) is 10.5. The Bertz CT molecular complexity index is 1400. The Morgan fingerprint density at radius 1 is 0.971 bits per heavy atom. The predicted octanol–water partition coefficient (Wildman–Crippen LogP) is 4.65. The number of halogens is 1. The molecule has 1 heterocycles. The molecule has 3 aromatic carbocycles. The number of hydrogen-bond donors (Lipinski definition) is 3. The van der Waals surface area contributed by atoms with Gasteiger partial charge in [-0.1, -0.05) is 41.9 Å². The van der Waals surface area contributed by atoms with Crippen LogP contribution in [0.4, 0.5) is 11.5 Å². The number of rotatable bonds is 7. The van der Waals surface area contributed by atoms with Crippen molar-refractivity contribution in [2.24, 2.45) is 5.10 Å². The van der Waals surface area contributed by atoms with Gasteiger partial charge in [0.2, 0.25) is 0 Å². The summed E-state index contributed by atoms with van der Waals surface area (Å²) in [6, 6.07) is 24.2. The molecule has 0 atom stereocenters. The molecule has 4 rings (SSSR count). The van der Waals surface area contributed by atoms with Crippen LogP contribution in [0.15, 0.2) is 101 Å². The average Bonchev–Trinajstić information content (AvgIpc) is 3.29. The predicted molar refractivity (Wildman–Crippen MR) is 139 cm³/mol. The highest BCUT2D eigenvalue weighted by Gasteiger charge is 2.17. The Kier molecular flexibility index (Phi) is 7.21. The fraction of sp³-hybridized carbons (Fsp3) is 0. The first-order valence-electron chi connectivity index (χ1n) is 9.99. The third-order valence-electron chi connectivity index (χ3n) is 4.55. The van der Waals surface area contributed by atoms with E-state index < -0.39 is 10.0 Å². The van der Waals surface area contributed by atoms with E-state index in [1.807, 2.05) is 42.5 Å². The van der Waals surface area contributed by atoms with Gasteiger partial charge in [0.15, 0.2) is 5.11 Å². The molecule has 0 amide bonds. The minimum Gasteiger partial charge on any atom is -0.331 e. The van der Waals surface area contributed by atoms with Crippen molar-refractivity contribution >= 4 is 56.7 Å². The SMILES string of the molecule is O=S(=O)(Nc1ccnn1-c1ccccc1)c1ccc(NC(=S)NN=Cc2ccc(Cl)cc2)cc1. The van der Waals surface area contributed by atoms with Gasteiger partial charge in [-0.15, -0.1) is 0 Å². The second-order valence-electron chi connectivity index (χ2n) is 6.97. The van der Waals surface area contributed by atoms with Crippen LogP contribution in [0.3, 0.4) is 0 Å². The molecule has 0 aliphatic heterocycles. The second-order valence-corrected chi connectivity index (χ2v) is 9.50. The van der Waals surface area contributed by atoms with E-state index in [9.17, 15) is 8.42 Å². The van der Waals surface area contributed by atoms with Crippen molar-refractivity contribution in [3.05, 3.63) is 102 Å². The van der Waals surface area contributed by atoms with E-state index in [4.69, 9.17) is 23.8 Å². The smallest absolute Gasteiger partial charge is 0.263 e. The zero-order chi connectivity index (χ0) is 24.0. The lowest BCUT2D eigenvalue weighted by Gasteiger charge is -2.12. The maximum absolute atomic E-state index is 12.9. The molecule has 1 aromatic heterocycles. The molecule has 0 saturated carbocycles. The van der Waals surface area contributed by atoms with Crippen molar-refractivity contribution in [2.45, 2.75) is 4.90 Å². The highest BCUT2D eigenvalue weighted by molar-refractivity contribution is 7.92. The van der Waals surface area contributed by atoms with Crippen molar-refractivity contribution in [1.82, 2.24) is 15.2 Å². The Hall–Kier alpha value is -3.73. The number of sulfonamides is 1. The monoisotopic (exact) mass is 510 g/mol. The molecule has 172 valence electrons. The standard InChI is InChI=1S/C23H19ClN6O2S2/c24-18-8-6-17(7-9-18)16-25-28-23(33)27-19-10-12-21(13-11-19)34(31,32)29-22-14-15-26-30(22)20-4-2-1-3-5-20/h1-16,29H,(H2,27,28,33). The van der Waals surface area contributed by atoms with Crippen molar-refractivity contribution in [1.29, 1.82) is 0 Å². The van der Waals surface area contributed by atoms with Crippen LogP contribution >= 0.6 is 23.8 Å². The van der Waals surface area contributed by atoms with E-state index in [0.717, 1.165) is 11.3 Å². The molecule has 8 nitrogen and oxygen atoms in total. The Balaban J connectivity index is 1.38. The molecule has 11 heteroatoms. The molecule has 34 heavy (non-hydrogen) atoms. The fourth-order valence-corrected chi connectivity index (χ4v) is 4.28. The highest BCUT2D eigenvalue weighted by atomic mass is 35.5. The van der Waals surface area contributed by atoms with Gasteiger partial charge in [0.05, 0.1) is 23.0 Å². The van der Waals surface area contributed by atoms with Gasteiger partial charge >= 0.3 is 0 Å². The average molecular weight is 511 g/mol. The fourth-order valence-electron chi connectivity index (χ4n) is 2.94. The van der Waals surface area contributed by atoms with E-state index in [1.165, 1.54) is 23.0 Å². The first-order chi connectivity index (χ1) is 16.4. The van der Waals surface area contributed by atoms with E-state index in [2.05, 4.69) is 25.7 Å². The van der Waals surface area contributed by atoms with Crippen molar-refractivity contribution in [3.63, 3.8) is 0 Å². The molecule has 0 saturated heterocycles. The minimum atomic E-state index is -3.83. The number of thiocarbonyl (C=S) groups is 1. The lowest BCUT2D eigenvalue weighted by molar-refractivity contribution is 0.600. The van der Waals surface area contributed by atoms with Gasteiger partial charge in [0.25, 0.3) is 10.0 Å². The number of para-hydroxylation sites is 1. The molecule has 0 unspecified atom stereocenters. The number of nitrogens with one attached hydrogen (secondary N) is 3. The number of benzene rings is 3. The van der Waals surface area contributed by atoms with Gasteiger partial charge in [-0.05, 0) is 66.3 Å². The molecule has 0 aliphatic carbocycles. The number of hydrogen-bond acceptors (Lipinski definition) is 5. The zero-order valence-corrected chi connectivity index (χ0v) is 20.0. The van der Waals surface area contributed by atoms with Crippen LogP contribution in [-0.4, -0.2) is 29.5 Å². The molecule has 0 bridgehead atoms. The van der Waals surface area contributed by atoms with Crippen molar-refractivity contribution in [2.75, 3.05) is 10.0 Å². The third-order valence-corrected chi connectivity index (χ3v) is 6.37. The summed E-state index contributed by atoms with van der Waals surface area (Å²) in [5.74, 6) is 0.331. The number of hydrazone groups is 1. The summed E-state index contributed by atoms with van der Waals surface area (Å²) in [5.41, 5.74) is 4.91. The Morgan fingerprint density at radius 3 is 2.38 bits per heavy atom. The van der Waals surface area contributed by atoms with Gasteiger partial charge in [-0.25, -0.2) is 13.1 Å². The Labute approximate surface area is 207 Å². The number of nitrogens with zero attached hydrogens (tertiary/aromatic N) is 3. The zero-order valence-electron chi connectivity index (χ0n) is 17.6. The molecular weight excluding hydrogens is 492 g/mol. The molecule has 4 aromatic rings. The van der Waals surface area contributed by atoms with Crippen LogP contribution in [0.5, 0.6) is 0 Å². The van der Waals surface area contributed by atoms with Crippen molar-refractivity contribution in [3.8, 4) is 5.69 Å². The summed E-state index contributed by atoms with van der Waals surface area (Å²) in [7, 11) is -3.83. The number of anilines is 2. The molecule has 0 spiro atoms. The topological polar surface area (TPSA) is 100 Å². The third kappa shape index (κ3) is 5.98. The van der Waals surface area contributed by atoms with Gasteiger partial charge < -0.3 is 5.32 Å². The van der Waals surface area contributed by atoms with Crippen LogP contribution in [0, 0.1) is 0 Å². The summed E-state index contributed by atoms with van der Waals surface area (Å²) in [5, 5.41) is 12.1. The van der Waals surface area contributed by atoms with E-state index >= 15 is 0 Å². The molecule has 0 aliphatic rings. The molecule has 0 radical (unpaired) electrons. The van der Waals surface area contributed by atoms with Gasteiger partial charge in [0.1, 0.15) is 5.82 Å². The first kappa shape index (κ1) is 23.4. The first-order valence-corrected chi connectivity index (χ1v) is 12.3. The summed E-state index contributed by atoms with van der Waals surface area (Å²) in [6.45, 7) is 0. The summed E-state index contributed by atoms with van der Waals surface area (Å²) in [6.07, 6.45) is 3.13.